The standard InChI is InChI=1S/C14H14N2O/c17-14(10-5-2-1-3-6-10)16-15-13-9-11-7-4-8-12(11)13/h1-7,11-12H,8-9H2,(H,16,17)/b15-13+. The monoisotopic (exact) mass is 226 g/mol. The molecular weight excluding hydrogens is 212 g/mol. The minimum Gasteiger partial charge on any atom is -0.267 e. The molecule has 1 saturated carbocycles. The highest BCUT2D eigenvalue weighted by Gasteiger charge is 2.37. The van der Waals surface area contributed by atoms with Crippen molar-refractivity contribution in [1.82, 2.24) is 5.43 Å². The molecule has 2 aliphatic rings. The Balaban J connectivity index is 1.62. The number of carbonyl (C=O) groups is 1. The van der Waals surface area contributed by atoms with Crippen molar-refractivity contribution in [2.75, 3.05) is 0 Å². The fourth-order valence-corrected chi connectivity index (χ4v) is 2.44. The molecule has 3 heteroatoms. The zero-order valence-corrected chi connectivity index (χ0v) is 9.47. The van der Waals surface area contributed by atoms with Gasteiger partial charge in [0.05, 0.1) is 0 Å². The van der Waals surface area contributed by atoms with Gasteiger partial charge in [-0.25, -0.2) is 5.43 Å². The highest BCUT2D eigenvalue weighted by Crippen LogP contribution is 2.39. The van der Waals surface area contributed by atoms with Crippen LogP contribution in [0.4, 0.5) is 0 Å². The van der Waals surface area contributed by atoms with E-state index in [2.05, 4.69) is 22.7 Å². The summed E-state index contributed by atoms with van der Waals surface area (Å²) in [7, 11) is 0. The van der Waals surface area contributed by atoms with Crippen molar-refractivity contribution < 1.29 is 4.79 Å². The topological polar surface area (TPSA) is 41.5 Å². The van der Waals surface area contributed by atoms with Crippen molar-refractivity contribution in [2.24, 2.45) is 16.9 Å². The van der Waals surface area contributed by atoms with Gasteiger partial charge in [0.25, 0.3) is 5.91 Å². The van der Waals surface area contributed by atoms with Crippen LogP contribution in [0.3, 0.4) is 0 Å². The van der Waals surface area contributed by atoms with Crippen LogP contribution in [0.1, 0.15) is 23.2 Å². The van der Waals surface area contributed by atoms with Crippen LogP contribution in [-0.2, 0) is 0 Å². The normalized spacial score (nSPS) is 27.6. The second-order valence-corrected chi connectivity index (χ2v) is 4.55. The Labute approximate surface area is 100 Å². The molecule has 86 valence electrons. The first-order valence-electron chi connectivity index (χ1n) is 5.93. The van der Waals surface area contributed by atoms with Crippen molar-refractivity contribution in [3.05, 3.63) is 48.0 Å². The zero-order chi connectivity index (χ0) is 11.7. The fraction of sp³-hybridized carbons (Fsp3) is 0.286. The van der Waals surface area contributed by atoms with Gasteiger partial charge >= 0.3 is 0 Å². The average Bonchev–Trinajstić information content (AvgIpc) is 2.72. The van der Waals surface area contributed by atoms with E-state index >= 15 is 0 Å². The Morgan fingerprint density at radius 3 is 2.88 bits per heavy atom. The van der Waals surface area contributed by atoms with E-state index in [4.69, 9.17) is 0 Å². The Kier molecular flexibility index (Phi) is 2.52. The lowest BCUT2D eigenvalue weighted by molar-refractivity contribution is 0.0954. The van der Waals surface area contributed by atoms with Crippen molar-refractivity contribution in [2.45, 2.75) is 12.8 Å². The van der Waals surface area contributed by atoms with Gasteiger partial charge < -0.3 is 0 Å². The predicted molar refractivity (Wildman–Crippen MR) is 66.7 cm³/mol. The molecule has 0 radical (unpaired) electrons. The van der Waals surface area contributed by atoms with Gasteiger partial charge in [-0.3, -0.25) is 4.79 Å². The SMILES string of the molecule is O=C(N/N=C1\CC2C=CCC12)c1ccccc1. The van der Waals surface area contributed by atoms with E-state index in [0.29, 0.717) is 17.4 Å². The minimum absolute atomic E-state index is 0.132. The maximum Gasteiger partial charge on any atom is 0.271 e. The van der Waals surface area contributed by atoms with E-state index in [1.807, 2.05) is 18.2 Å². The number of nitrogens with one attached hydrogen (secondary N) is 1. The van der Waals surface area contributed by atoms with Crippen LogP contribution in [0.15, 0.2) is 47.6 Å². The van der Waals surface area contributed by atoms with E-state index in [1.165, 1.54) is 0 Å². The van der Waals surface area contributed by atoms with Crippen LogP contribution in [0.25, 0.3) is 0 Å². The lowest BCUT2D eigenvalue weighted by Crippen LogP contribution is -2.35. The fourth-order valence-electron chi connectivity index (χ4n) is 2.44. The summed E-state index contributed by atoms with van der Waals surface area (Å²) in [5.74, 6) is 1.08. The number of nitrogens with zero attached hydrogens (tertiary/aromatic N) is 1. The number of allylic oxidation sites excluding steroid dienone is 2. The number of hydrazone groups is 1. The first-order valence-corrected chi connectivity index (χ1v) is 5.93. The molecule has 1 aromatic carbocycles. The molecule has 0 aromatic heterocycles. The molecule has 1 amide bonds. The molecule has 0 heterocycles. The first kappa shape index (κ1) is 10.3. The maximum atomic E-state index is 11.7. The number of hydrogen-bond donors (Lipinski definition) is 1. The quantitative estimate of drug-likeness (QED) is 0.610. The van der Waals surface area contributed by atoms with Gasteiger partial charge in [-0.1, -0.05) is 30.4 Å². The summed E-state index contributed by atoms with van der Waals surface area (Å²) in [6, 6.07) is 9.17. The number of carbonyl (C=O) groups excluding carboxylic acids is 1. The van der Waals surface area contributed by atoms with E-state index in [9.17, 15) is 4.79 Å². The Bertz CT molecular complexity index is 490. The van der Waals surface area contributed by atoms with Gasteiger partial charge in [-0.2, -0.15) is 5.10 Å². The summed E-state index contributed by atoms with van der Waals surface area (Å²) in [5, 5.41) is 4.23. The van der Waals surface area contributed by atoms with Gasteiger partial charge in [-0.15, -0.1) is 0 Å². The van der Waals surface area contributed by atoms with E-state index in [1.54, 1.807) is 12.1 Å². The number of benzene rings is 1. The zero-order valence-electron chi connectivity index (χ0n) is 9.47. The molecule has 1 fully saturated rings. The molecule has 0 aliphatic heterocycles. The second kappa shape index (κ2) is 4.17. The summed E-state index contributed by atoms with van der Waals surface area (Å²) < 4.78 is 0. The van der Waals surface area contributed by atoms with Crippen LogP contribution in [0.2, 0.25) is 0 Å². The maximum absolute atomic E-state index is 11.7. The molecule has 2 aliphatic carbocycles. The third-order valence-corrected chi connectivity index (χ3v) is 3.50. The van der Waals surface area contributed by atoms with Gasteiger partial charge in [0, 0.05) is 17.2 Å². The third kappa shape index (κ3) is 1.88. The first-order chi connectivity index (χ1) is 8.34. The van der Waals surface area contributed by atoms with E-state index in [0.717, 1.165) is 18.6 Å². The second-order valence-electron chi connectivity index (χ2n) is 4.55. The Hall–Kier alpha value is -1.90. The Morgan fingerprint density at radius 2 is 2.12 bits per heavy atom. The van der Waals surface area contributed by atoms with E-state index in [-0.39, 0.29) is 5.91 Å². The highest BCUT2D eigenvalue weighted by molar-refractivity contribution is 5.98. The summed E-state index contributed by atoms with van der Waals surface area (Å²) in [6.07, 6.45) is 6.53. The van der Waals surface area contributed by atoms with Gasteiger partial charge in [0.2, 0.25) is 0 Å². The van der Waals surface area contributed by atoms with Gasteiger partial charge in [0.1, 0.15) is 0 Å². The lowest BCUT2D eigenvalue weighted by Gasteiger charge is -2.31. The van der Waals surface area contributed by atoms with Crippen molar-refractivity contribution in [3.63, 3.8) is 0 Å². The summed E-state index contributed by atoms with van der Waals surface area (Å²) in [6.45, 7) is 0. The molecule has 0 bridgehead atoms. The van der Waals surface area contributed by atoms with Crippen LogP contribution < -0.4 is 5.43 Å². The highest BCUT2D eigenvalue weighted by atomic mass is 16.2. The molecule has 17 heavy (non-hydrogen) atoms. The number of amides is 1. The molecule has 0 saturated heterocycles. The van der Waals surface area contributed by atoms with Crippen LogP contribution >= 0.6 is 0 Å². The molecule has 0 spiro atoms. The minimum atomic E-state index is -0.132. The van der Waals surface area contributed by atoms with Crippen molar-refractivity contribution in [3.8, 4) is 0 Å². The largest absolute Gasteiger partial charge is 0.271 e. The molecule has 2 atom stereocenters. The molecule has 2 unspecified atom stereocenters. The Morgan fingerprint density at radius 1 is 1.29 bits per heavy atom. The third-order valence-electron chi connectivity index (χ3n) is 3.50. The average molecular weight is 226 g/mol. The van der Waals surface area contributed by atoms with Crippen molar-refractivity contribution in [1.29, 1.82) is 0 Å². The van der Waals surface area contributed by atoms with E-state index < -0.39 is 0 Å². The van der Waals surface area contributed by atoms with Gasteiger partial charge in [0.15, 0.2) is 0 Å². The molecule has 1 aromatic rings. The number of rotatable bonds is 2. The molecule has 3 nitrogen and oxygen atoms in total. The summed E-state index contributed by atoms with van der Waals surface area (Å²) >= 11 is 0. The van der Waals surface area contributed by atoms with Crippen LogP contribution in [-0.4, -0.2) is 11.6 Å². The smallest absolute Gasteiger partial charge is 0.267 e. The van der Waals surface area contributed by atoms with Crippen LogP contribution in [0, 0.1) is 11.8 Å². The predicted octanol–water partition coefficient (Wildman–Crippen LogP) is 2.37. The molecule has 1 N–H and O–H groups in total. The summed E-state index contributed by atoms with van der Waals surface area (Å²) in [5.41, 5.74) is 4.41. The van der Waals surface area contributed by atoms with Gasteiger partial charge in [-0.05, 0) is 30.9 Å². The number of fused-ring (bicyclic) bond motifs is 1. The number of hydrogen-bond acceptors (Lipinski definition) is 2. The molecular formula is C14H14N2O. The summed E-state index contributed by atoms with van der Waals surface area (Å²) in [4.78, 5) is 11.7. The van der Waals surface area contributed by atoms with Crippen LogP contribution in [0.5, 0.6) is 0 Å². The van der Waals surface area contributed by atoms with Crippen molar-refractivity contribution >= 4 is 11.6 Å². The molecule has 3 rings (SSSR count). The lowest BCUT2D eigenvalue weighted by atomic mass is 9.74.